The Morgan fingerprint density at radius 3 is 2.61 bits per heavy atom. The molecule has 94 valence electrons. The Bertz CT molecular complexity index is 564. The average Bonchev–Trinajstić information content (AvgIpc) is 2.76. The molecule has 4 heteroatoms. The van der Waals surface area contributed by atoms with Gasteiger partial charge in [-0.3, -0.25) is 4.79 Å². The molecule has 0 saturated carbocycles. The number of benzene rings is 1. The third kappa shape index (κ3) is 2.92. The molecule has 0 radical (unpaired) electrons. The predicted octanol–water partition coefficient (Wildman–Crippen LogP) is 4.20. The number of hydrogen-bond donors (Lipinski definition) is 1. The fourth-order valence-corrected chi connectivity index (χ4v) is 2.80. The van der Waals surface area contributed by atoms with Gasteiger partial charge in [-0.15, -0.1) is 11.3 Å². The molecule has 0 aliphatic heterocycles. The monoisotopic (exact) mass is 279 g/mol. The molecule has 1 N–H and O–H groups in total. The van der Waals surface area contributed by atoms with E-state index in [-0.39, 0.29) is 11.9 Å². The van der Waals surface area contributed by atoms with Crippen LogP contribution in [0, 0.1) is 6.92 Å². The number of carbonyl (C=O) groups excluding carboxylic acids is 1. The standard InChI is InChI=1S/C14H14ClNOS/c1-9-5-3-4-6-11(9)14(17)16-10(2)12-7-8-13(15)18-12/h3-8,10H,1-2H3,(H,16,17)/t10-/m0/s1. The molecule has 1 aromatic heterocycles. The van der Waals surface area contributed by atoms with E-state index in [2.05, 4.69) is 5.32 Å². The fraction of sp³-hybridized carbons (Fsp3) is 0.214. The third-order valence-electron chi connectivity index (χ3n) is 2.76. The van der Waals surface area contributed by atoms with E-state index < -0.39 is 0 Å². The first-order chi connectivity index (χ1) is 8.58. The molecule has 1 atom stereocenters. The van der Waals surface area contributed by atoms with Crippen LogP contribution in [0.2, 0.25) is 4.34 Å². The molecular formula is C14H14ClNOS. The summed E-state index contributed by atoms with van der Waals surface area (Å²) < 4.78 is 0.738. The second-order valence-electron chi connectivity index (χ2n) is 4.15. The lowest BCUT2D eigenvalue weighted by molar-refractivity contribution is 0.0940. The molecule has 1 aromatic carbocycles. The average molecular weight is 280 g/mol. The lowest BCUT2D eigenvalue weighted by atomic mass is 10.1. The minimum absolute atomic E-state index is 0.0328. The summed E-state index contributed by atoms with van der Waals surface area (Å²) in [6, 6.07) is 11.3. The number of thiophene rings is 1. The highest BCUT2D eigenvalue weighted by Crippen LogP contribution is 2.26. The molecule has 1 amide bonds. The molecule has 0 aliphatic rings. The van der Waals surface area contributed by atoms with Gasteiger partial charge < -0.3 is 5.32 Å². The first-order valence-electron chi connectivity index (χ1n) is 5.69. The Hall–Kier alpha value is -1.32. The first kappa shape index (κ1) is 13.1. The van der Waals surface area contributed by atoms with Crippen molar-refractivity contribution in [3.8, 4) is 0 Å². The van der Waals surface area contributed by atoms with E-state index in [9.17, 15) is 4.79 Å². The molecule has 0 bridgehead atoms. The molecule has 0 unspecified atom stereocenters. The second kappa shape index (κ2) is 5.55. The number of amides is 1. The van der Waals surface area contributed by atoms with Gasteiger partial charge in [-0.2, -0.15) is 0 Å². The van der Waals surface area contributed by atoms with Crippen LogP contribution in [0.5, 0.6) is 0 Å². The van der Waals surface area contributed by atoms with Crippen molar-refractivity contribution in [2.45, 2.75) is 19.9 Å². The normalized spacial score (nSPS) is 12.2. The van der Waals surface area contributed by atoms with Gasteiger partial charge in [0.15, 0.2) is 0 Å². The summed E-state index contributed by atoms with van der Waals surface area (Å²) in [5.41, 5.74) is 1.69. The van der Waals surface area contributed by atoms with E-state index in [0.717, 1.165) is 14.8 Å². The van der Waals surface area contributed by atoms with Gasteiger partial charge in [-0.05, 0) is 37.6 Å². The molecule has 18 heavy (non-hydrogen) atoms. The van der Waals surface area contributed by atoms with Crippen LogP contribution in [-0.2, 0) is 0 Å². The summed E-state index contributed by atoms with van der Waals surface area (Å²) >= 11 is 7.38. The number of carbonyl (C=O) groups is 1. The van der Waals surface area contributed by atoms with Crippen molar-refractivity contribution >= 4 is 28.8 Å². The maximum atomic E-state index is 12.1. The molecule has 1 heterocycles. The number of nitrogens with one attached hydrogen (secondary N) is 1. The van der Waals surface area contributed by atoms with Crippen LogP contribution < -0.4 is 5.32 Å². The van der Waals surface area contributed by atoms with Gasteiger partial charge >= 0.3 is 0 Å². The minimum atomic E-state index is -0.0508. The Morgan fingerprint density at radius 1 is 1.28 bits per heavy atom. The van der Waals surface area contributed by atoms with E-state index in [1.165, 1.54) is 11.3 Å². The van der Waals surface area contributed by atoms with Crippen LogP contribution in [0.15, 0.2) is 36.4 Å². The SMILES string of the molecule is Cc1ccccc1C(=O)N[C@@H](C)c1ccc(Cl)s1. The highest BCUT2D eigenvalue weighted by molar-refractivity contribution is 7.16. The van der Waals surface area contributed by atoms with Gasteiger partial charge in [0.2, 0.25) is 0 Å². The molecule has 2 nitrogen and oxygen atoms in total. The van der Waals surface area contributed by atoms with Crippen LogP contribution in [0.3, 0.4) is 0 Å². The second-order valence-corrected chi connectivity index (χ2v) is 5.90. The van der Waals surface area contributed by atoms with E-state index >= 15 is 0 Å². The van der Waals surface area contributed by atoms with Gasteiger partial charge in [0.1, 0.15) is 0 Å². The molecule has 2 aromatic rings. The molecule has 0 aliphatic carbocycles. The van der Waals surface area contributed by atoms with E-state index in [1.54, 1.807) is 0 Å². The fourth-order valence-electron chi connectivity index (χ4n) is 1.73. The van der Waals surface area contributed by atoms with Gasteiger partial charge in [0, 0.05) is 10.4 Å². The number of rotatable bonds is 3. The smallest absolute Gasteiger partial charge is 0.252 e. The number of hydrogen-bond acceptors (Lipinski definition) is 2. The zero-order valence-corrected chi connectivity index (χ0v) is 11.8. The zero-order valence-electron chi connectivity index (χ0n) is 10.2. The Kier molecular flexibility index (Phi) is 4.04. The van der Waals surface area contributed by atoms with Crippen LogP contribution >= 0.6 is 22.9 Å². The van der Waals surface area contributed by atoms with E-state index in [1.807, 2.05) is 50.2 Å². The predicted molar refractivity (Wildman–Crippen MR) is 76.4 cm³/mol. The highest BCUT2D eigenvalue weighted by atomic mass is 35.5. The highest BCUT2D eigenvalue weighted by Gasteiger charge is 2.14. The quantitative estimate of drug-likeness (QED) is 0.896. The zero-order chi connectivity index (χ0) is 13.1. The summed E-state index contributed by atoms with van der Waals surface area (Å²) in [7, 11) is 0. The topological polar surface area (TPSA) is 29.1 Å². The molecular weight excluding hydrogens is 266 g/mol. The van der Waals surface area contributed by atoms with Gasteiger partial charge in [-0.1, -0.05) is 29.8 Å². The number of halogens is 1. The van der Waals surface area contributed by atoms with E-state index in [0.29, 0.717) is 5.56 Å². The van der Waals surface area contributed by atoms with Crippen molar-refractivity contribution < 1.29 is 4.79 Å². The van der Waals surface area contributed by atoms with Crippen molar-refractivity contribution in [2.24, 2.45) is 0 Å². The molecule has 2 rings (SSSR count). The van der Waals surface area contributed by atoms with Gasteiger partial charge in [-0.25, -0.2) is 0 Å². The first-order valence-corrected chi connectivity index (χ1v) is 6.89. The summed E-state index contributed by atoms with van der Waals surface area (Å²) in [6.07, 6.45) is 0. The Morgan fingerprint density at radius 2 is 2.00 bits per heavy atom. The number of aryl methyl sites for hydroxylation is 1. The van der Waals surface area contributed by atoms with Crippen molar-refractivity contribution in [1.82, 2.24) is 5.32 Å². The summed E-state index contributed by atoms with van der Waals surface area (Å²) in [6.45, 7) is 3.89. The van der Waals surface area contributed by atoms with Crippen LogP contribution in [0.25, 0.3) is 0 Å². The van der Waals surface area contributed by atoms with Crippen LogP contribution in [0.4, 0.5) is 0 Å². The maximum absolute atomic E-state index is 12.1. The summed E-state index contributed by atoms with van der Waals surface area (Å²) in [5.74, 6) is -0.0508. The molecule has 0 spiro atoms. The molecule has 0 fully saturated rings. The summed E-state index contributed by atoms with van der Waals surface area (Å²) in [4.78, 5) is 13.2. The van der Waals surface area contributed by atoms with Gasteiger partial charge in [0.05, 0.1) is 10.4 Å². The lowest BCUT2D eigenvalue weighted by Crippen LogP contribution is -2.26. The van der Waals surface area contributed by atoms with Crippen molar-refractivity contribution in [3.63, 3.8) is 0 Å². The third-order valence-corrected chi connectivity index (χ3v) is 4.17. The lowest BCUT2D eigenvalue weighted by Gasteiger charge is -2.13. The van der Waals surface area contributed by atoms with Crippen molar-refractivity contribution in [3.05, 3.63) is 56.7 Å². The summed E-state index contributed by atoms with van der Waals surface area (Å²) in [5, 5.41) is 2.98. The Labute approximate surface area is 116 Å². The van der Waals surface area contributed by atoms with E-state index in [4.69, 9.17) is 11.6 Å². The van der Waals surface area contributed by atoms with Crippen molar-refractivity contribution in [2.75, 3.05) is 0 Å². The largest absolute Gasteiger partial charge is 0.345 e. The van der Waals surface area contributed by atoms with Crippen molar-refractivity contribution in [1.29, 1.82) is 0 Å². The molecule has 0 saturated heterocycles. The van der Waals surface area contributed by atoms with Crippen LogP contribution in [0.1, 0.15) is 33.8 Å². The maximum Gasteiger partial charge on any atom is 0.252 e. The van der Waals surface area contributed by atoms with Gasteiger partial charge in [0.25, 0.3) is 5.91 Å². The Balaban J connectivity index is 2.10. The van der Waals surface area contributed by atoms with Crippen LogP contribution in [-0.4, -0.2) is 5.91 Å². The minimum Gasteiger partial charge on any atom is -0.345 e.